The summed E-state index contributed by atoms with van der Waals surface area (Å²) in [5.74, 6) is -0.506. The number of nitrogens with zero attached hydrogens (tertiary/aromatic N) is 1. The number of thioether (sulfide) groups is 1. The van der Waals surface area contributed by atoms with Crippen LogP contribution in [0.25, 0.3) is 0 Å². The molecule has 0 aliphatic carbocycles. The van der Waals surface area contributed by atoms with Crippen LogP contribution >= 0.6 is 11.8 Å². The van der Waals surface area contributed by atoms with Crippen LogP contribution in [0.3, 0.4) is 0 Å². The van der Waals surface area contributed by atoms with E-state index in [-0.39, 0.29) is 23.3 Å². The molecule has 2 N–H and O–H groups in total. The predicted octanol–water partition coefficient (Wildman–Crippen LogP) is 5.17. The highest BCUT2D eigenvalue weighted by atomic mass is 32.2. The van der Waals surface area contributed by atoms with Gasteiger partial charge in [-0.25, -0.2) is 5.48 Å². The molecule has 0 fully saturated rings. The fourth-order valence-corrected chi connectivity index (χ4v) is 3.27. The van der Waals surface area contributed by atoms with Crippen LogP contribution in [-0.4, -0.2) is 16.4 Å². The molecule has 0 unspecified atom stereocenters. The molecule has 5 nitrogen and oxygen atoms in total. The molecular formula is C21H18F3N3O2S. The number of carbonyl (C=O) groups excluding carboxylic acids is 1. The lowest BCUT2D eigenvalue weighted by Gasteiger charge is -2.13. The number of amides is 1. The van der Waals surface area contributed by atoms with Crippen LogP contribution in [0.4, 0.5) is 18.9 Å². The molecule has 2 aromatic carbocycles. The average Bonchev–Trinajstić information content (AvgIpc) is 2.73. The number of anilines is 1. The van der Waals surface area contributed by atoms with Crippen molar-refractivity contribution < 1.29 is 22.8 Å². The molecule has 0 bridgehead atoms. The van der Waals surface area contributed by atoms with Gasteiger partial charge in [-0.15, -0.1) is 0 Å². The number of aromatic nitrogens is 1. The van der Waals surface area contributed by atoms with Gasteiger partial charge in [-0.2, -0.15) is 13.2 Å². The van der Waals surface area contributed by atoms with E-state index >= 15 is 0 Å². The average molecular weight is 433 g/mol. The Morgan fingerprint density at radius 1 is 1.00 bits per heavy atom. The number of hydroxylamine groups is 1. The summed E-state index contributed by atoms with van der Waals surface area (Å²) < 4.78 is 38.0. The molecule has 0 aliphatic rings. The van der Waals surface area contributed by atoms with Crippen LogP contribution in [0.2, 0.25) is 0 Å². The van der Waals surface area contributed by atoms with Crippen molar-refractivity contribution in [2.75, 3.05) is 5.32 Å². The molecule has 0 saturated carbocycles. The van der Waals surface area contributed by atoms with E-state index in [2.05, 4.69) is 15.8 Å². The van der Waals surface area contributed by atoms with Crippen molar-refractivity contribution in [2.24, 2.45) is 0 Å². The van der Waals surface area contributed by atoms with Crippen LogP contribution in [0.1, 0.15) is 21.5 Å². The maximum atomic E-state index is 12.7. The molecule has 0 atom stereocenters. The second kappa shape index (κ2) is 10.1. The Kier molecular flexibility index (Phi) is 7.31. The highest BCUT2D eigenvalue weighted by Crippen LogP contribution is 2.38. The van der Waals surface area contributed by atoms with E-state index < -0.39 is 11.4 Å². The molecule has 3 rings (SSSR count). The van der Waals surface area contributed by atoms with E-state index in [0.29, 0.717) is 23.4 Å². The summed E-state index contributed by atoms with van der Waals surface area (Å²) in [5, 5.41) is 3.18. The Morgan fingerprint density at radius 3 is 2.47 bits per heavy atom. The summed E-state index contributed by atoms with van der Waals surface area (Å²) in [6, 6.07) is 16.6. The first-order chi connectivity index (χ1) is 14.4. The molecule has 1 heterocycles. The Labute approximate surface area is 175 Å². The van der Waals surface area contributed by atoms with Crippen LogP contribution in [0, 0.1) is 0 Å². The monoisotopic (exact) mass is 433 g/mol. The van der Waals surface area contributed by atoms with E-state index in [1.165, 1.54) is 18.2 Å². The maximum absolute atomic E-state index is 12.7. The SMILES string of the molecule is O=C(NOCc1ccccc1SC(F)(F)F)c1ccccc1NCc1ccncc1. The van der Waals surface area contributed by atoms with Gasteiger partial charge in [0.25, 0.3) is 5.91 Å². The zero-order valence-electron chi connectivity index (χ0n) is 15.6. The third-order valence-corrected chi connectivity index (χ3v) is 4.84. The minimum atomic E-state index is -4.40. The Hall–Kier alpha value is -3.04. The smallest absolute Gasteiger partial charge is 0.380 e. The summed E-state index contributed by atoms with van der Waals surface area (Å²) in [6.07, 6.45) is 3.36. The van der Waals surface area contributed by atoms with Gasteiger partial charge in [0, 0.05) is 29.5 Å². The first kappa shape index (κ1) is 21.7. The molecule has 156 valence electrons. The van der Waals surface area contributed by atoms with Gasteiger partial charge in [0.05, 0.1) is 5.56 Å². The fraction of sp³-hybridized carbons (Fsp3) is 0.143. The summed E-state index contributed by atoms with van der Waals surface area (Å²) in [4.78, 5) is 21.7. The van der Waals surface area contributed by atoms with Gasteiger partial charge in [-0.3, -0.25) is 14.6 Å². The first-order valence-electron chi connectivity index (χ1n) is 8.90. The number of hydrogen-bond acceptors (Lipinski definition) is 5. The van der Waals surface area contributed by atoms with Gasteiger partial charge in [0.2, 0.25) is 0 Å². The number of para-hydroxylation sites is 1. The molecule has 3 aromatic rings. The van der Waals surface area contributed by atoms with Crippen LogP contribution in [0.15, 0.2) is 78.0 Å². The molecule has 0 aliphatic heterocycles. The zero-order chi connectivity index (χ0) is 21.4. The third kappa shape index (κ3) is 6.50. The zero-order valence-corrected chi connectivity index (χ0v) is 16.5. The van der Waals surface area contributed by atoms with Gasteiger partial charge in [-0.1, -0.05) is 30.3 Å². The van der Waals surface area contributed by atoms with Crippen molar-refractivity contribution in [1.82, 2.24) is 10.5 Å². The Morgan fingerprint density at radius 2 is 1.70 bits per heavy atom. The minimum absolute atomic E-state index is 0.0265. The lowest BCUT2D eigenvalue weighted by atomic mass is 10.1. The van der Waals surface area contributed by atoms with E-state index in [0.717, 1.165) is 5.56 Å². The number of rotatable bonds is 8. The van der Waals surface area contributed by atoms with Crippen molar-refractivity contribution >= 4 is 23.4 Å². The quantitative estimate of drug-likeness (QED) is 0.379. The standard InChI is InChI=1S/C21H18F3N3O2S/c22-21(23,24)30-19-8-4-1-5-16(19)14-29-27-20(28)17-6-2-3-7-18(17)26-13-15-9-11-25-12-10-15/h1-12,26H,13-14H2,(H,27,28). The van der Waals surface area contributed by atoms with Gasteiger partial charge in [0.1, 0.15) is 6.61 Å². The number of nitrogens with one attached hydrogen (secondary N) is 2. The van der Waals surface area contributed by atoms with E-state index in [9.17, 15) is 18.0 Å². The first-order valence-corrected chi connectivity index (χ1v) is 9.71. The van der Waals surface area contributed by atoms with Crippen molar-refractivity contribution in [3.63, 3.8) is 0 Å². The Bertz CT molecular complexity index is 984. The second-order valence-corrected chi connectivity index (χ2v) is 7.24. The number of alkyl halides is 3. The molecule has 0 saturated heterocycles. The topological polar surface area (TPSA) is 63.2 Å². The van der Waals surface area contributed by atoms with Gasteiger partial charge < -0.3 is 5.32 Å². The normalized spacial score (nSPS) is 11.2. The highest BCUT2D eigenvalue weighted by molar-refractivity contribution is 8.00. The lowest BCUT2D eigenvalue weighted by molar-refractivity contribution is -0.0329. The summed E-state index contributed by atoms with van der Waals surface area (Å²) in [6.45, 7) is 0.299. The van der Waals surface area contributed by atoms with E-state index in [1.807, 2.05) is 12.1 Å². The number of benzene rings is 2. The molecule has 30 heavy (non-hydrogen) atoms. The van der Waals surface area contributed by atoms with E-state index in [4.69, 9.17) is 4.84 Å². The number of pyridine rings is 1. The van der Waals surface area contributed by atoms with Crippen molar-refractivity contribution in [1.29, 1.82) is 0 Å². The summed E-state index contributed by atoms with van der Waals surface area (Å²) >= 11 is -0.218. The fourth-order valence-electron chi connectivity index (χ4n) is 2.61. The number of halogens is 3. The molecule has 0 spiro atoms. The van der Waals surface area contributed by atoms with Crippen LogP contribution in [-0.2, 0) is 18.0 Å². The number of hydrogen-bond donors (Lipinski definition) is 2. The highest BCUT2D eigenvalue weighted by Gasteiger charge is 2.30. The van der Waals surface area contributed by atoms with Gasteiger partial charge in [-0.05, 0) is 53.2 Å². The molecule has 1 amide bonds. The van der Waals surface area contributed by atoms with Crippen LogP contribution in [0.5, 0.6) is 0 Å². The molecule has 9 heteroatoms. The second-order valence-electron chi connectivity index (χ2n) is 6.13. The predicted molar refractivity (Wildman–Crippen MR) is 109 cm³/mol. The summed E-state index contributed by atoms with van der Waals surface area (Å²) in [5.41, 5.74) is 0.163. The summed E-state index contributed by atoms with van der Waals surface area (Å²) in [7, 11) is 0. The Balaban J connectivity index is 1.60. The van der Waals surface area contributed by atoms with E-state index in [1.54, 1.807) is 42.7 Å². The van der Waals surface area contributed by atoms with Crippen molar-refractivity contribution in [3.8, 4) is 0 Å². The van der Waals surface area contributed by atoms with Gasteiger partial charge in [0.15, 0.2) is 0 Å². The molecular weight excluding hydrogens is 415 g/mol. The lowest BCUT2D eigenvalue weighted by Crippen LogP contribution is -2.24. The van der Waals surface area contributed by atoms with Crippen molar-refractivity contribution in [3.05, 3.63) is 89.7 Å². The van der Waals surface area contributed by atoms with Crippen LogP contribution < -0.4 is 10.8 Å². The molecule has 1 aromatic heterocycles. The van der Waals surface area contributed by atoms with Crippen molar-refractivity contribution in [2.45, 2.75) is 23.6 Å². The molecule has 0 radical (unpaired) electrons. The largest absolute Gasteiger partial charge is 0.446 e. The van der Waals surface area contributed by atoms with Gasteiger partial charge >= 0.3 is 5.51 Å². The minimum Gasteiger partial charge on any atom is -0.380 e. The number of carbonyl (C=O) groups is 1. The maximum Gasteiger partial charge on any atom is 0.446 e. The third-order valence-electron chi connectivity index (χ3n) is 3.99.